The van der Waals surface area contributed by atoms with Gasteiger partial charge in [-0.15, -0.1) is 0 Å². The van der Waals surface area contributed by atoms with Gasteiger partial charge in [0.1, 0.15) is 0 Å². The standard InChI is InChI=1S/C9H19N4O3P/c1-7-4-11(7)10-17(14,15-12-5-8(12)2)16-13-6-9(13)3/h7-9H,4-6H2,1-3H3,(H,10,14). The van der Waals surface area contributed by atoms with Crippen molar-refractivity contribution in [2.45, 2.75) is 38.9 Å². The lowest BCUT2D eigenvalue weighted by Gasteiger charge is -2.19. The molecule has 0 aliphatic carbocycles. The lowest BCUT2D eigenvalue weighted by atomic mass is 10.6. The summed E-state index contributed by atoms with van der Waals surface area (Å²) in [4.78, 5) is 0. The van der Waals surface area contributed by atoms with Crippen LogP contribution < -0.4 is 5.20 Å². The zero-order chi connectivity index (χ0) is 12.2. The molecule has 6 atom stereocenters. The zero-order valence-electron chi connectivity index (χ0n) is 10.4. The van der Waals surface area contributed by atoms with Gasteiger partial charge in [-0.2, -0.15) is 15.3 Å². The van der Waals surface area contributed by atoms with Gasteiger partial charge in [0.05, 0.1) is 0 Å². The third-order valence-electron chi connectivity index (χ3n) is 3.14. The van der Waals surface area contributed by atoms with Gasteiger partial charge in [-0.05, 0) is 20.8 Å². The number of hydrogen-bond acceptors (Lipinski definition) is 6. The van der Waals surface area contributed by atoms with Crippen molar-refractivity contribution >= 4 is 7.75 Å². The quantitative estimate of drug-likeness (QED) is 0.555. The first-order valence-electron chi connectivity index (χ1n) is 6.04. The fourth-order valence-corrected chi connectivity index (χ4v) is 3.22. The SMILES string of the molecule is CC1CN1NP(=O)(ON1CC1C)ON1CC1C. The molecule has 0 bridgehead atoms. The summed E-state index contributed by atoms with van der Waals surface area (Å²) < 4.78 is 23.4. The van der Waals surface area contributed by atoms with E-state index in [-0.39, 0.29) is 0 Å². The molecule has 3 saturated heterocycles. The van der Waals surface area contributed by atoms with Crippen molar-refractivity contribution in [3.63, 3.8) is 0 Å². The van der Waals surface area contributed by atoms with Gasteiger partial charge < -0.3 is 0 Å². The predicted octanol–water partition coefficient (Wildman–Crippen LogP) is 0.575. The molecule has 0 aromatic rings. The van der Waals surface area contributed by atoms with E-state index in [1.54, 1.807) is 10.1 Å². The molecule has 17 heavy (non-hydrogen) atoms. The molecule has 0 amide bonds. The summed E-state index contributed by atoms with van der Waals surface area (Å²) in [7, 11) is -3.28. The second kappa shape index (κ2) is 3.99. The molecule has 0 spiro atoms. The van der Waals surface area contributed by atoms with Gasteiger partial charge in [-0.3, -0.25) is 0 Å². The Labute approximate surface area is 101 Å². The van der Waals surface area contributed by atoms with Crippen LogP contribution in [0.2, 0.25) is 0 Å². The van der Waals surface area contributed by atoms with Crippen LogP contribution in [0, 0.1) is 0 Å². The highest BCUT2D eigenvalue weighted by atomic mass is 31.2. The van der Waals surface area contributed by atoms with Gasteiger partial charge in [-0.25, -0.2) is 18.8 Å². The number of hydroxylamine groups is 4. The lowest BCUT2D eigenvalue weighted by Crippen LogP contribution is -2.25. The van der Waals surface area contributed by atoms with Crippen LogP contribution in [-0.2, 0) is 13.8 Å². The highest BCUT2D eigenvalue weighted by Crippen LogP contribution is 2.51. The van der Waals surface area contributed by atoms with Gasteiger partial charge in [0, 0.05) is 37.8 Å². The predicted molar refractivity (Wildman–Crippen MR) is 61.4 cm³/mol. The highest BCUT2D eigenvalue weighted by Gasteiger charge is 2.47. The molecule has 6 unspecified atom stereocenters. The van der Waals surface area contributed by atoms with Crippen molar-refractivity contribution in [3.8, 4) is 0 Å². The molecule has 3 rings (SSSR count). The smallest absolute Gasteiger partial charge is 0.236 e. The Morgan fingerprint density at radius 2 is 1.41 bits per heavy atom. The number of hydrazine groups is 1. The van der Waals surface area contributed by atoms with E-state index in [1.807, 2.05) is 18.9 Å². The van der Waals surface area contributed by atoms with Crippen LogP contribution in [0.5, 0.6) is 0 Å². The van der Waals surface area contributed by atoms with Crippen molar-refractivity contribution in [3.05, 3.63) is 0 Å². The van der Waals surface area contributed by atoms with Gasteiger partial charge in [0.15, 0.2) is 0 Å². The maximum absolute atomic E-state index is 12.5. The third kappa shape index (κ3) is 2.88. The highest BCUT2D eigenvalue weighted by molar-refractivity contribution is 7.51. The van der Waals surface area contributed by atoms with E-state index >= 15 is 0 Å². The van der Waals surface area contributed by atoms with E-state index < -0.39 is 7.75 Å². The molecule has 3 fully saturated rings. The monoisotopic (exact) mass is 262 g/mol. The topological polar surface area (TPSA) is 56.6 Å². The summed E-state index contributed by atoms with van der Waals surface area (Å²) in [5, 5.41) is 8.08. The number of rotatable bonds is 6. The van der Waals surface area contributed by atoms with Crippen LogP contribution in [0.3, 0.4) is 0 Å². The zero-order valence-corrected chi connectivity index (χ0v) is 11.3. The summed E-state index contributed by atoms with van der Waals surface area (Å²) in [5.74, 6) is 0. The number of nitrogens with one attached hydrogen (secondary N) is 1. The van der Waals surface area contributed by atoms with E-state index in [4.69, 9.17) is 9.25 Å². The maximum atomic E-state index is 12.5. The van der Waals surface area contributed by atoms with Crippen molar-refractivity contribution in [2.24, 2.45) is 0 Å². The Morgan fingerprint density at radius 3 is 1.71 bits per heavy atom. The van der Waals surface area contributed by atoms with Crippen LogP contribution in [0.25, 0.3) is 0 Å². The molecule has 0 radical (unpaired) electrons. The van der Waals surface area contributed by atoms with Crippen LogP contribution in [0.1, 0.15) is 20.8 Å². The summed E-state index contributed by atoms with van der Waals surface area (Å²) in [6, 6.07) is 1.05. The molecule has 7 nitrogen and oxygen atoms in total. The second-order valence-corrected chi connectivity index (χ2v) is 6.68. The molecule has 0 aromatic carbocycles. The molecule has 0 saturated carbocycles. The Bertz CT molecular complexity index is 316. The fourth-order valence-electron chi connectivity index (χ4n) is 1.52. The minimum absolute atomic E-state index is 0.326. The van der Waals surface area contributed by atoms with Gasteiger partial charge in [0.2, 0.25) is 0 Å². The molecular formula is C9H19N4O3P. The summed E-state index contributed by atoms with van der Waals surface area (Å²) >= 11 is 0. The largest absolute Gasteiger partial charge is 0.452 e. The van der Waals surface area contributed by atoms with Crippen molar-refractivity contribution in [1.82, 2.24) is 20.3 Å². The second-order valence-electron chi connectivity index (χ2n) is 5.16. The molecule has 3 aliphatic rings. The van der Waals surface area contributed by atoms with E-state index in [1.165, 1.54) is 0 Å². The van der Waals surface area contributed by atoms with Crippen LogP contribution in [-0.4, -0.2) is 52.9 Å². The summed E-state index contributed by atoms with van der Waals surface area (Å²) in [5.41, 5.74) is 0. The maximum Gasteiger partial charge on any atom is 0.452 e. The van der Waals surface area contributed by atoms with E-state index in [0.29, 0.717) is 18.1 Å². The first-order valence-corrected chi connectivity index (χ1v) is 7.58. The van der Waals surface area contributed by atoms with Crippen LogP contribution in [0.15, 0.2) is 0 Å². The Hall–Kier alpha value is -0.0100. The lowest BCUT2D eigenvalue weighted by molar-refractivity contribution is -0.0349. The van der Waals surface area contributed by atoms with Crippen molar-refractivity contribution in [1.29, 1.82) is 0 Å². The molecule has 0 aromatic heterocycles. The summed E-state index contributed by atoms with van der Waals surface area (Å²) in [6.45, 7) is 8.58. The first-order chi connectivity index (χ1) is 7.97. The molecule has 8 heteroatoms. The Kier molecular flexibility index (Phi) is 2.83. The average molecular weight is 262 g/mol. The molecule has 1 N–H and O–H groups in total. The van der Waals surface area contributed by atoms with Crippen LogP contribution in [0.4, 0.5) is 0 Å². The molecule has 98 valence electrons. The minimum Gasteiger partial charge on any atom is -0.236 e. The van der Waals surface area contributed by atoms with Crippen molar-refractivity contribution in [2.75, 3.05) is 19.6 Å². The number of nitrogens with zero attached hydrogens (tertiary/aromatic N) is 3. The van der Waals surface area contributed by atoms with Gasteiger partial charge in [0.25, 0.3) is 0 Å². The first kappa shape index (κ1) is 12.0. The molecule has 3 heterocycles. The van der Waals surface area contributed by atoms with Crippen molar-refractivity contribution < 1.29 is 13.8 Å². The molecule has 3 aliphatic heterocycles. The Morgan fingerprint density at radius 1 is 1.00 bits per heavy atom. The third-order valence-corrected chi connectivity index (χ3v) is 4.49. The molecular weight excluding hydrogens is 243 g/mol. The van der Waals surface area contributed by atoms with Gasteiger partial charge in [-0.1, -0.05) is 0 Å². The van der Waals surface area contributed by atoms with E-state index in [9.17, 15) is 4.57 Å². The fraction of sp³-hybridized carbons (Fsp3) is 1.00. The van der Waals surface area contributed by atoms with E-state index in [0.717, 1.165) is 19.6 Å². The van der Waals surface area contributed by atoms with Gasteiger partial charge >= 0.3 is 7.75 Å². The number of hydrogen-bond donors (Lipinski definition) is 1. The normalized spacial score (nSPS) is 50.8. The van der Waals surface area contributed by atoms with Crippen LogP contribution >= 0.6 is 7.75 Å². The Balaban J connectivity index is 1.59. The average Bonchev–Trinajstić information content (AvgIpc) is 3.13. The minimum atomic E-state index is -3.28. The summed E-state index contributed by atoms with van der Waals surface area (Å²) in [6.07, 6.45) is 0. The van der Waals surface area contributed by atoms with E-state index in [2.05, 4.69) is 12.1 Å².